The highest BCUT2D eigenvalue weighted by Gasteiger charge is 2.11. The smallest absolute Gasteiger partial charge is 0.115 e. The Bertz CT molecular complexity index is 721. The summed E-state index contributed by atoms with van der Waals surface area (Å²) in [6.45, 7) is 11.7. The Morgan fingerprint density at radius 3 is 2.32 bits per heavy atom. The molecule has 1 nitrogen and oxygen atoms in total. The first-order valence-corrected chi connectivity index (χ1v) is 7.40. The van der Waals surface area contributed by atoms with Crippen LogP contribution in [0.3, 0.4) is 0 Å². The van der Waals surface area contributed by atoms with Gasteiger partial charge in [-0.25, -0.2) is 0 Å². The zero-order valence-corrected chi connectivity index (χ0v) is 13.3. The normalized spacial score (nSPS) is 11.3. The number of aliphatic hydroxyl groups is 1. The summed E-state index contributed by atoms with van der Waals surface area (Å²) in [5.41, 5.74) is 6.20. The minimum absolute atomic E-state index is 0.0559. The lowest BCUT2D eigenvalue weighted by Gasteiger charge is -2.14. The number of hydrogen-bond acceptors (Lipinski definition) is 1. The van der Waals surface area contributed by atoms with Gasteiger partial charge in [-0.15, -0.1) is 0 Å². The second kappa shape index (κ2) is 6.95. The van der Waals surface area contributed by atoms with E-state index in [1.54, 1.807) is 0 Å². The summed E-state index contributed by atoms with van der Waals surface area (Å²) < 4.78 is 0. The third kappa shape index (κ3) is 3.56. The van der Waals surface area contributed by atoms with Gasteiger partial charge in [-0.05, 0) is 48.1 Å². The number of rotatable bonds is 5. The lowest BCUT2D eigenvalue weighted by molar-refractivity contribution is 0.430. The zero-order valence-electron chi connectivity index (χ0n) is 13.3. The fourth-order valence-corrected chi connectivity index (χ4v) is 2.60. The average Bonchev–Trinajstić information content (AvgIpc) is 2.50. The van der Waals surface area contributed by atoms with Gasteiger partial charge in [0.1, 0.15) is 5.76 Å². The molecule has 2 rings (SSSR count). The van der Waals surface area contributed by atoms with Crippen LogP contribution in [0.1, 0.15) is 29.2 Å². The maximum absolute atomic E-state index is 9.72. The minimum Gasteiger partial charge on any atom is -0.508 e. The van der Waals surface area contributed by atoms with E-state index in [-0.39, 0.29) is 5.76 Å². The van der Waals surface area contributed by atoms with Gasteiger partial charge in [0.25, 0.3) is 0 Å². The zero-order chi connectivity index (χ0) is 16.1. The molecule has 0 fully saturated rings. The van der Waals surface area contributed by atoms with Crippen LogP contribution in [0.2, 0.25) is 0 Å². The lowest BCUT2D eigenvalue weighted by Crippen LogP contribution is -1.97. The molecule has 1 heteroatoms. The van der Waals surface area contributed by atoms with Gasteiger partial charge in [0.15, 0.2) is 0 Å². The molecule has 0 bridgehead atoms. The number of hydrogen-bond donors (Lipinski definition) is 1. The van der Waals surface area contributed by atoms with Crippen LogP contribution in [0.25, 0.3) is 5.57 Å². The molecule has 2 aromatic rings. The summed E-state index contributed by atoms with van der Waals surface area (Å²) in [4.78, 5) is 0. The minimum atomic E-state index is 0.0559. The standard InChI is InChI=1S/C21H22O/c1-5-20(17(4)22)16(3)21-14-19(12-11-15(21)2)13-18-9-7-6-8-10-18/h5-12,14,22H,3-4,13H2,1-2H3/b20-5+. The topological polar surface area (TPSA) is 20.2 Å². The molecule has 0 heterocycles. The van der Waals surface area contributed by atoms with E-state index in [0.717, 1.165) is 23.1 Å². The van der Waals surface area contributed by atoms with Gasteiger partial charge in [0.05, 0.1) is 0 Å². The molecule has 2 aromatic carbocycles. The molecule has 0 spiro atoms. The van der Waals surface area contributed by atoms with Crippen molar-refractivity contribution >= 4 is 5.57 Å². The van der Waals surface area contributed by atoms with Gasteiger partial charge in [0, 0.05) is 5.57 Å². The van der Waals surface area contributed by atoms with Crippen LogP contribution < -0.4 is 0 Å². The molecule has 0 amide bonds. The lowest BCUT2D eigenvalue weighted by atomic mass is 9.91. The predicted octanol–water partition coefficient (Wildman–Crippen LogP) is 5.62. The largest absolute Gasteiger partial charge is 0.508 e. The molecule has 0 atom stereocenters. The summed E-state index contributed by atoms with van der Waals surface area (Å²) in [6, 6.07) is 16.8. The molecule has 0 saturated heterocycles. The second-order valence-corrected chi connectivity index (χ2v) is 5.44. The monoisotopic (exact) mass is 290 g/mol. The molecule has 0 unspecified atom stereocenters. The Labute approximate surface area is 132 Å². The van der Waals surface area contributed by atoms with Crippen LogP contribution in [0.4, 0.5) is 0 Å². The van der Waals surface area contributed by atoms with Gasteiger partial charge < -0.3 is 5.11 Å². The van der Waals surface area contributed by atoms with Crippen molar-refractivity contribution in [3.05, 3.63) is 101 Å². The average molecular weight is 290 g/mol. The summed E-state index contributed by atoms with van der Waals surface area (Å²) in [7, 11) is 0. The summed E-state index contributed by atoms with van der Waals surface area (Å²) >= 11 is 0. The molecule has 0 aliphatic heterocycles. The van der Waals surface area contributed by atoms with Crippen LogP contribution >= 0.6 is 0 Å². The van der Waals surface area contributed by atoms with Crippen molar-refractivity contribution in [1.82, 2.24) is 0 Å². The fourth-order valence-electron chi connectivity index (χ4n) is 2.60. The molecule has 1 N–H and O–H groups in total. The predicted molar refractivity (Wildman–Crippen MR) is 95.0 cm³/mol. The van der Waals surface area contributed by atoms with E-state index >= 15 is 0 Å². The Morgan fingerprint density at radius 2 is 1.73 bits per heavy atom. The van der Waals surface area contributed by atoms with Crippen molar-refractivity contribution in [2.24, 2.45) is 0 Å². The van der Waals surface area contributed by atoms with Crippen molar-refractivity contribution in [3.8, 4) is 0 Å². The molecule has 0 aromatic heterocycles. The molecular formula is C21H22O. The van der Waals surface area contributed by atoms with Crippen molar-refractivity contribution in [3.63, 3.8) is 0 Å². The Hall–Kier alpha value is -2.54. The number of allylic oxidation sites excluding steroid dienone is 2. The Kier molecular flexibility index (Phi) is 5.00. The molecule has 0 radical (unpaired) electrons. The first-order valence-electron chi connectivity index (χ1n) is 7.40. The van der Waals surface area contributed by atoms with E-state index in [0.29, 0.717) is 5.57 Å². The van der Waals surface area contributed by atoms with Gasteiger partial charge >= 0.3 is 0 Å². The number of benzene rings is 2. The Morgan fingerprint density at radius 1 is 1.05 bits per heavy atom. The maximum Gasteiger partial charge on any atom is 0.115 e. The van der Waals surface area contributed by atoms with Crippen LogP contribution in [0.15, 0.2) is 79.1 Å². The van der Waals surface area contributed by atoms with Crippen molar-refractivity contribution < 1.29 is 5.11 Å². The van der Waals surface area contributed by atoms with E-state index in [9.17, 15) is 5.11 Å². The first-order chi connectivity index (χ1) is 10.5. The molecule has 0 saturated carbocycles. The first kappa shape index (κ1) is 15.8. The highest BCUT2D eigenvalue weighted by Crippen LogP contribution is 2.28. The fraction of sp³-hybridized carbons (Fsp3) is 0.143. The number of aliphatic hydroxyl groups excluding tert-OH is 1. The van der Waals surface area contributed by atoms with E-state index in [1.165, 1.54) is 11.1 Å². The summed E-state index contributed by atoms with van der Waals surface area (Å²) in [5, 5.41) is 9.72. The van der Waals surface area contributed by atoms with E-state index in [2.05, 4.69) is 62.5 Å². The van der Waals surface area contributed by atoms with Crippen molar-refractivity contribution in [2.75, 3.05) is 0 Å². The van der Waals surface area contributed by atoms with Crippen LogP contribution in [0.5, 0.6) is 0 Å². The van der Waals surface area contributed by atoms with Gasteiger partial charge in [0.2, 0.25) is 0 Å². The summed E-state index contributed by atoms with van der Waals surface area (Å²) in [6.07, 6.45) is 2.72. The highest BCUT2D eigenvalue weighted by molar-refractivity contribution is 5.82. The third-order valence-electron chi connectivity index (χ3n) is 3.80. The maximum atomic E-state index is 9.72. The van der Waals surface area contributed by atoms with Crippen molar-refractivity contribution in [2.45, 2.75) is 20.3 Å². The van der Waals surface area contributed by atoms with Crippen LogP contribution in [-0.4, -0.2) is 5.11 Å². The van der Waals surface area contributed by atoms with E-state index < -0.39 is 0 Å². The van der Waals surface area contributed by atoms with Crippen LogP contribution in [-0.2, 0) is 6.42 Å². The van der Waals surface area contributed by atoms with Crippen LogP contribution in [0, 0.1) is 6.92 Å². The molecule has 0 aliphatic rings. The highest BCUT2D eigenvalue weighted by atomic mass is 16.3. The SMILES string of the molecule is C=C(O)/C(=C/C)C(=C)c1cc(Cc2ccccc2)ccc1C. The molecule has 0 aliphatic carbocycles. The summed E-state index contributed by atoms with van der Waals surface area (Å²) in [5.74, 6) is 0.0559. The second-order valence-electron chi connectivity index (χ2n) is 5.44. The van der Waals surface area contributed by atoms with E-state index in [4.69, 9.17) is 0 Å². The molecule has 22 heavy (non-hydrogen) atoms. The quantitative estimate of drug-likeness (QED) is 0.560. The van der Waals surface area contributed by atoms with Gasteiger partial charge in [-0.1, -0.05) is 67.8 Å². The van der Waals surface area contributed by atoms with Gasteiger partial charge in [-0.2, -0.15) is 0 Å². The molecule has 112 valence electrons. The molecular weight excluding hydrogens is 268 g/mol. The number of aryl methyl sites for hydroxylation is 1. The van der Waals surface area contributed by atoms with E-state index in [1.807, 2.05) is 19.1 Å². The third-order valence-corrected chi connectivity index (χ3v) is 3.80. The Balaban J connectivity index is 2.35. The van der Waals surface area contributed by atoms with Gasteiger partial charge in [-0.3, -0.25) is 0 Å². The van der Waals surface area contributed by atoms with Crippen molar-refractivity contribution in [1.29, 1.82) is 0 Å².